The van der Waals surface area contributed by atoms with Gasteiger partial charge in [-0.25, -0.2) is 9.59 Å². The number of amides is 3. The molecule has 2 fully saturated rings. The van der Waals surface area contributed by atoms with Gasteiger partial charge in [-0.15, -0.1) is 11.3 Å². The standard InChI is InChI=1S/C20H29N3O3S/c1-20(2,3)26-19(25)23-11-15-14(16(15)12-23)4-7-21-18(24)22-8-5-17-13(10-22)6-9-27-17/h6,9,14-16H,4-5,7-8,10-12H2,1-3H3,(H,21,24)/t14-,15-,16+. The minimum atomic E-state index is -0.439. The molecule has 3 aliphatic rings. The van der Waals surface area contributed by atoms with Gasteiger partial charge in [0.15, 0.2) is 0 Å². The van der Waals surface area contributed by atoms with Crippen LogP contribution >= 0.6 is 11.3 Å². The predicted octanol–water partition coefficient (Wildman–Crippen LogP) is 3.32. The molecule has 1 saturated heterocycles. The highest BCUT2D eigenvalue weighted by Crippen LogP contribution is 2.53. The minimum Gasteiger partial charge on any atom is -0.444 e. The first-order valence-corrected chi connectivity index (χ1v) is 10.8. The van der Waals surface area contributed by atoms with E-state index in [0.29, 0.717) is 17.8 Å². The van der Waals surface area contributed by atoms with Gasteiger partial charge in [-0.2, -0.15) is 0 Å². The van der Waals surface area contributed by atoms with Crippen molar-refractivity contribution in [3.63, 3.8) is 0 Å². The van der Waals surface area contributed by atoms with Gasteiger partial charge in [0, 0.05) is 37.6 Å². The molecule has 0 unspecified atom stereocenters. The van der Waals surface area contributed by atoms with Crippen LogP contribution in [0.5, 0.6) is 0 Å². The van der Waals surface area contributed by atoms with Gasteiger partial charge in [-0.05, 0) is 68.4 Å². The summed E-state index contributed by atoms with van der Waals surface area (Å²) in [6, 6.07) is 2.18. The van der Waals surface area contributed by atoms with Crippen LogP contribution in [0.4, 0.5) is 9.59 Å². The Morgan fingerprint density at radius 2 is 2.00 bits per heavy atom. The second-order valence-electron chi connectivity index (χ2n) is 8.94. The summed E-state index contributed by atoms with van der Waals surface area (Å²) in [6.45, 7) is 9.54. The zero-order valence-corrected chi connectivity index (χ0v) is 17.2. The van der Waals surface area contributed by atoms with Gasteiger partial charge >= 0.3 is 12.1 Å². The summed E-state index contributed by atoms with van der Waals surface area (Å²) in [5.74, 6) is 1.80. The molecule has 1 aliphatic carbocycles. The van der Waals surface area contributed by atoms with E-state index in [0.717, 1.165) is 45.6 Å². The molecule has 0 bridgehead atoms. The monoisotopic (exact) mass is 391 g/mol. The van der Waals surface area contributed by atoms with E-state index in [2.05, 4.69) is 16.8 Å². The summed E-state index contributed by atoms with van der Waals surface area (Å²) in [4.78, 5) is 29.7. The van der Waals surface area contributed by atoms with Gasteiger partial charge < -0.3 is 19.9 Å². The molecule has 1 N–H and O–H groups in total. The number of likely N-dealkylation sites (tertiary alicyclic amines) is 1. The fourth-order valence-electron chi connectivity index (χ4n) is 4.43. The van der Waals surface area contributed by atoms with Crippen LogP contribution in [-0.4, -0.2) is 53.7 Å². The molecule has 7 heteroatoms. The van der Waals surface area contributed by atoms with E-state index in [9.17, 15) is 9.59 Å². The lowest BCUT2D eigenvalue weighted by Gasteiger charge is -2.27. The summed E-state index contributed by atoms with van der Waals surface area (Å²) in [6.07, 6.45) is 1.77. The van der Waals surface area contributed by atoms with Crippen molar-refractivity contribution in [3.05, 3.63) is 21.9 Å². The van der Waals surface area contributed by atoms with E-state index in [1.807, 2.05) is 30.6 Å². The van der Waals surface area contributed by atoms with Crippen LogP contribution in [0, 0.1) is 17.8 Å². The summed E-state index contributed by atoms with van der Waals surface area (Å²) < 4.78 is 5.45. The number of hydrogen-bond donors (Lipinski definition) is 1. The highest BCUT2D eigenvalue weighted by atomic mass is 32.1. The van der Waals surface area contributed by atoms with E-state index in [4.69, 9.17) is 4.74 Å². The third-order valence-corrected chi connectivity index (χ3v) is 6.89. The highest BCUT2D eigenvalue weighted by molar-refractivity contribution is 7.10. The lowest BCUT2D eigenvalue weighted by Crippen LogP contribution is -2.43. The largest absolute Gasteiger partial charge is 0.444 e. The molecule has 148 valence electrons. The first-order chi connectivity index (χ1) is 12.8. The third-order valence-electron chi connectivity index (χ3n) is 5.87. The van der Waals surface area contributed by atoms with Crippen molar-refractivity contribution >= 4 is 23.5 Å². The summed E-state index contributed by atoms with van der Waals surface area (Å²) in [7, 11) is 0. The Kier molecular flexibility index (Phi) is 4.82. The Balaban J connectivity index is 1.15. The van der Waals surface area contributed by atoms with Crippen molar-refractivity contribution in [2.75, 3.05) is 26.2 Å². The molecule has 3 atom stereocenters. The predicted molar refractivity (Wildman–Crippen MR) is 105 cm³/mol. The number of hydrogen-bond acceptors (Lipinski definition) is 4. The second kappa shape index (κ2) is 7.00. The summed E-state index contributed by atoms with van der Waals surface area (Å²) >= 11 is 1.79. The SMILES string of the molecule is CC(C)(C)OC(=O)N1C[C@@H]2[C@@H](CCNC(=O)N3CCc4sccc4C3)[C@@H]2C1. The maximum absolute atomic E-state index is 12.4. The van der Waals surface area contributed by atoms with Crippen LogP contribution in [-0.2, 0) is 17.7 Å². The van der Waals surface area contributed by atoms with Gasteiger partial charge in [-0.1, -0.05) is 0 Å². The number of piperidine rings is 1. The lowest BCUT2D eigenvalue weighted by molar-refractivity contribution is 0.0265. The molecular formula is C20H29N3O3S. The highest BCUT2D eigenvalue weighted by Gasteiger charge is 2.56. The maximum Gasteiger partial charge on any atom is 0.410 e. The smallest absolute Gasteiger partial charge is 0.410 e. The number of carbonyl (C=O) groups is 2. The molecule has 27 heavy (non-hydrogen) atoms. The van der Waals surface area contributed by atoms with Gasteiger partial charge in [0.1, 0.15) is 5.60 Å². The van der Waals surface area contributed by atoms with Crippen LogP contribution in [0.1, 0.15) is 37.6 Å². The molecule has 1 aromatic heterocycles. The molecular weight excluding hydrogens is 362 g/mol. The quantitative estimate of drug-likeness (QED) is 0.860. The van der Waals surface area contributed by atoms with Crippen molar-refractivity contribution in [2.24, 2.45) is 17.8 Å². The van der Waals surface area contributed by atoms with E-state index in [-0.39, 0.29) is 12.1 Å². The normalized spacial score (nSPS) is 26.4. The molecule has 2 aliphatic heterocycles. The van der Waals surface area contributed by atoms with E-state index in [1.165, 1.54) is 10.4 Å². The number of fused-ring (bicyclic) bond motifs is 2. The van der Waals surface area contributed by atoms with Gasteiger partial charge in [-0.3, -0.25) is 0 Å². The minimum absolute atomic E-state index is 0.0491. The Morgan fingerprint density at radius 1 is 1.26 bits per heavy atom. The molecule has 3 heterocycles. The Labute approximate surface area is 164 Å². The van der Waals surface area contributed by atoms with Crippen LogP contribution in [0.3, 0.4) is 0 Å². The van der Waals surface area contributed by atoms with Gasteiger partial charge in [0.05, 0.1) is 0 Å². The maximum atomic E-state index is 12.4. The van der Waals surface area contributed by atoms with Gasteiger partial charge in [0.2, 0.25) is 0 Å². The first kappa shape index (κ1) is 18.6. The van der Waals surface area contributed by atoms with Crippen molar-refractivity contribution in [2.45, 2.75) is 45.8 Å². The van der Waals surface area contributed by atoms with Crippen LogP contribution < -0.4 is 5.32 Å². The fourth-order valence-corrected chi connectivity index (χ4v) is 5.32. The van der Waals surface area contributed by atoms with E-state index < -0.39 is 5.60 Å². The molecule has 0 aromatic carbocycles. The molecule has 1 saturated carbocycles. The number of thiophene rings is 1. The van der Waals surface area contributed by atoms with E-state index in [1.54, 1.807) is 11.3 Å². The number of nitrogens with one attached hydrogen (secondary N) is 1. The number of nitrogens with zero attached hydrogens (tertiary/aromatic N) is 2. The average Bonchev–Trinajstić information content (AvgIpc) is 2.99. The second-order valence-corrected chi connectivity index (χ2v) is 9.94. The van der Waals surface area contributed by atoms with Crippen LogP contribution in [0.25, 0.3) is 0 Å². The van der Waals surface area contributed by atoms with Crippen LogP contribution in [0.2, 0.25) is 0 Å². The van der Waals surface area contributed by atoms with Crippen LogP contribution in [0.15, 0.2) is 11.4 Å². The van der Waals surface area contributed by atoms with Gasteiger partial charge in [0.25, 0.3) is 0 Å². The third kappa shape index (κ3) is 4.08. The number of rotatable bonds is 3. The average molecular weight is 392 g/mol. The molecule has 4 rings (SSSR count). The molecule has 1 aromatic rings. The topological polar surface area (TPSA) is 61.9 Å². The summed E-state index contributed by atoms with van der Waals surface area (Å²) in [5.41, 5.74) is 0.853. The Hall–Kier alpha value is -1.76. The summed E-state index contributed by atoms with van der Waals surface area (Å²) in [5, 5.41) is 5.20. The zero-order chi connectivity index (χ0) is 19.2. The molecule has 3 amide bonds. The molecule has 0 spiro atoms. The number of urea groups is 1. The van der Waals surface area contributed by atoms with Crippen molar-refractivity contribution in [1.29, 1.82) is 0 Å². The Bertz CT molecular complexity index is 714. The van der Waals surface area contributed by atoms with E-state index >= 15 is 0 Å². The number of carbonyl (C=O) groups excluding carboxylic acids is 2. The molecule has 6 nitrogen and oxygen atoms in total. The Morgan fingerprint density at radius 3 is 2.70 bits per heavy atom. The van der Waals surface area contributed by atoms with Crippen molar-refractivity contribution in [1.82, 2.24) is 15.1 Å². The zero-order valence-electron chi connectivity index (χ0n) is 16.4. The van der Waals surface area contributed by atoms with Crippen molar-refractivity contribution in [3.8, 4) is 0 Å². The van der Waals surface area contributed by atoms with Crippen molar-refractivity contribution < 1.29 is 14.3 Å². The first-order valence-electron chi connectivity index (χ1n) is 9.88. The molecule has 0 radical (unpaired) electrons. The fraction of sp³-hybridized carbons (Fsp3) is 0.700. The number of ether oxygens (including phenoxy) is 1. The lowest BCUT2D eigenvalue weighted by atomic mass is 10.1.